The van der Waals surface area contributed by atoms with Gasteiger partial charge in [-0.3, -0.25) is 9.59 Å². The number of ether oxygens (including phenoxy) is 1. The summed E-state index contributed by atoms with van der Waals surface area (Å²) in [6.45, 7) is 6.41. The third-order valence-electron chi connectivity index (χ3n) is 3.87. The van der Waals surface area contributed by atoms with Crippen LogP contribution >= 0.6 is 0 Å². The van der Waals surface area contributed by atoms with E-state index in [-0.39, 0.29) is 17.7 Å². The van der Waals surface area contributed by atoms with Gasteiger partial charge in [0.05, 0.1) is 13.2 Å². The van der Waals surface area contributed by atoms with Gasteiger partial charge < -0.3 is 14.5 Å². The van der Waals surface area contributed by atoms with Crippen LogP contribution in [0.15, 0.2) is 0 Å². The van der Waals surface area contributed by atoms with Gasteiger partial charge in [-0.1, -0.05) is 6.92 Å². The molecule has 2 aliphatic heterocycles. The second-order valence-electron chi connectivity index (χ2n) is 5.59. The molecule has 2 aliphatic rings. The van der Waals surface area contributed by atoms with Crippen LogP contribution in [0.25, 0.3) is 0 Å². The zero-order chi connectivity index (χ0) is 13.7. The maximum atomic E-state index is 12.1. The molecule has 5 heteroatoms. The molecule has 0 aromatic heterocycles. The first-order chi connectivity index (χ1) is 9.16. The first-order valence-electron chi connectivity index (χ1n) is 7.30. The molecule has 2 rings (SSSR count). The fraction of sp³-hybridized carbons (Fsp3) is 0.857. The van der Waals surface area contributed by atoms with E-state index in [9.17, 15) is 9.59 Å². The smallest absolute Gasteiger partial charge is 0.223 e. The quantitative estimate of drug-likeness (QED) is 0.760. The molecule has 5 nitrogen and oxygen atoms in total. The van der Waals surface area contributed by atoms with Gasteiger partial charge in [0.1, 0.15) is 0 Å². The molecule has 0 aromatic rings. The molecule has 19 heavy (non-hydrogen) atoms. The van der Waals surface area contributed by atoms with Crippen molar-refractivity contribution >= 4 is 11.8 Å². The molecule has 0 bridgehead atoms. The lowest BCUT2D eigenvalue weighted by Gasteiger charge is -2.28. The molecule has 0 spiro atoms. The van der Waals surface area contributed by atoms with Gasteiger partial charge in [-0.15, -0.1) is 0 Å². The molecule has 2 fully saturated rings. The number of carbonyl (C=O) groups excluding carboxylic acids is 2. The third kappa shape index (κ3) is 4.20. The monoisotopic (exact) mass is 268 g/mol. The Balaban J connectivity index is 1.72. The molecule has 0 aliphatic carbocycles. The summed E-state index contributed by atoms with van der Waals surface area (Å²) in [6, 6.07) is 0. The highest BCUT2D eigenvalue weighted by Gasteiger charge is 2.23. The minimum Gasteiger partial charge on any atom is -0.378 e. The summed E-state index contributed by atoms with van der Waals surface area (Å²) >= 11 is 0. The van der Waals surface area contributed by atoms with E-state index in [1.54, 1.807) is 0 Å². The Morgan fingerprint density at radius 1 is 0.947 bits per heavy atom. The summed E-state index contributed by atoms with van der Waals surface area (Å²) in [7, 11) is 0. The lowest BCUT2D eigenvalue weighted by atomic mass is 10.0. The van der Waals surface area contributed by atoms with Gasteiger partial charge in [-0.05, 0) is 18.8 Å². The summed E-state index contributed by atoms with van der Waals surface area (Å²) in [5.74, 6) is 0.494. The van der Waals surface area contributed by atoms with Crippen molar-refractivity contribution in [1.82, 2.24) is 9.80 Å². The van der Waals surface area contributed by atoms with Crippen molar-refractivity contribution in [3.8, 4) is 0 Å². The third-order valence-corrected chi connectivity index (χ3v) is 3.87. The lowest BCUT2D eigenvalue weighted by Crippen LogP contribution is -2.41. The van der Waals surface area contributed by atoms with Crippen molar-refractivity contribution in [2.24, 2.45) is 5.92 Å². The zero-order valence-corrected chi connectivity index (χ0v) is 11.8. The predicted octanol–water partition coefficient (Wildman–Crippen LogP) is 0.884. The van der Waals surface area contributed by atoms with Crippen molar-refractivity contribution in [3.63, 3.8) is 0 Å². The van der Waals surface area contributed by atoms with E-state index in [0.29, 0.717) is 39.1 Å². The maximum absolute atomic E-state index is 12.1. The Hall–Kier alpha value is -1.10. The highest BCUT2D eigenvalue weighted by atomic mass is 16.5. The number of amides is 2. The van der Waals surface area contributed by atoms with Gasteiger partial charge >= 0.3 is 0 Å². The number of nitrogens with zero attached hydrogens (tertiary/aromatic N) is 2. The van der Waals surface area contributed by atoms with Crippen molar-refractivity contribution < 1.29 is 14.3 Å². The van der Waals surface area contributed by atoms with Gasteiger partial charge in [0, 0.05) is 39.0 Å². The molecule has 0 aromatic carbocycles. The van der Waals surface area contributed by atoms with Crippen molar-refractivity contribution in [3.05, 3.63) is 0 Å². The average Bonchev–Trinajstić information content (AvgIpc) is 2.93. The topological polar surface area (TPSA) is 49.9 Å². The molecule has 0 saturated carbocycles. The fourth-order valence-electron chi connectivity index (χ4n) is 2.71. The summed E-state index contributed by atoms with van der Waals surface area (Å²) in [4.78, 5) is 27.8. The van der Waals surface area contributed by atoms with Crippen LogP contribution < -0.4 is 0 Å². The molecule has 2 amide bonds. The Labute approximate surface area is 114 Å². The van der Waals surface area contributed by atoms with E-state index in [0.717, 1.165) is 25.9 Å². The SMILES string of the molecule is CC(CC(=O)N1CCCC1)CC(=O)N1CCOCC1. The van der Waals surface area contributed by atoms with E-state index < -0.39 is 0 Å². The number of morpholine rings is 1. The van der Waals surface area contributed by atoms with E-state index in [1.165, 1.54) is 0 Å². The number of hydrogen-bond acceptors (Lipinski definition) is 3. The zero-order valence-electron chi connectivity index (χ0n) is 11.8. The molecule has 0 radical (unpaired) electrons. The number of hydrogen-bond donors (Lipinski definition) is 0. The van der Waals surface area contributed by atoms with Crippen LogP contribution in [0.1, 0.15) is 32.6 Å². The molecular weight excluding hydrogens is 244 g/mol. The minimum absolute atomic E-state index is 0.128. The lowest BCUT2D eigenvalue weighted by molar-refractivity contribution is -0.137. The van der Waals surface area contributed by atoms with Gasteiger partial charge in [0.15, 0.2) is 0 Å². The number of carbonyl (C=O) groups is 2. The average molecular weight is 268 g/mol. The summed E-state index contributed by atoms with van der Waals surface area (Å²) < 4.78 is 5.23. The van der Waals surface area contributed by atoms with E-state index >= 15 is 0 Å². The highest BCUT2D eigenvalue weighted by Crippen LogP contribution is 2.16. The molecule has 108 valence electrons. The van der Waals surface area contributed by atoms with Crippen molar-refractivity contribution in [1.29, 1.82) is 0 Å². The summed E-state index contributed by atoms with van der Waals surface area (Å²) in [5.41, 5.74) is 0. The van der Waals surface area contributed by atoms with E-state index in [1.807, 2.05) is 16.7 Å². The standard InChI is InChI=1S/C14H24N2O3/c1-12(10-13(17)15-4-2-3-5-15)11-14(18)16-6-8-19-9-7-16/h12H,2-11H2,1H3. The maximum Gasteiger partial charge on any atom is 0.223 e. The van der Waals surface area contributed by atoms with Crippen molar-refractivity contribution in [2.75, 3.05) is 39.4 Å². The fourth-order valence-corrected chi connectivity index (χ4v) is 2.71. The van der Waals surface area contributed by atoms with Crippen LogP contribution in [0.3, 0.4) is 0 Å². The second kappa shape index (κ2) is 6.89. The van der Waals surface area contributed by atoms with Crippen LogP contribution in [0.5, 0.6) is 0 Å². The molecule has 1 unspecified atom stereocenters. The Kier molecular flexibility index (Phi) is 5.19. The molecule has 0 N–H and O–H groups in total. The summed E-state index contributed by atoms with van der Waals surface area (Å²) in [5, 5.41) is 0. The van der Waals surface area contributed by atoms with Gasteiger partial charge in [0.25, 0.3) is 0 Å². The Morgan fingerprint density at radius 3 is 1.95 bits per heavy atom. The largest absolute Gasteiger partial charge is 0.378 e. The molecule has 1 atom stereocenters. The number of likely N-dealkylation sites (tertiary alicyclic amines) is 1. The van der Waals surface area contributed by atoms with E-state index in [4.69, 9.17) is 4.74 Å². The van der Waals surface area contributed by atoms with Crippen LogP contribution in [0.4, 0.5) is 0 Å². The molecule has 2 heterocycles. The minimum atomic E-state index is 0.128. The molecular formula is C14H24N2O3. The second-order valence-corrected chi connectivity index (χ2v) is 5.59. The molecule has 2 saturated heterocycles. The normalized spacial score (nSPS) is 21.5. The van der Waals surface area contributed by atoms with Gasteiger partial charge in [-0.2, -0.15) is 0 Å². The van der Waals surface area contributed by atoms with E-state index in [2.05, 4.69) is 0 Å². The Bertz CT molecular complexity index is 321. The van der Waals surface area contributed by atoms with Crippen LogP contribution in [0, 0.1) is 5.92 Å². The van der Waals surface area contributed by atoms with Crippen LogP contribution in [0.2, 0.25) is 0 Å². The predicted molar refractivity (Wildman–Crippen MR) is 71.6 cm³/mol. The first kappa shape index (κ1) is 14.3. The van der Waals surface area contributed by atoms with Crippen LogP contribution in [-0.4, -0.2) is 61.0 Å². The Morgan fingerprint density at radius 2 is 1.42 bits per heavy atom. The number of rotatable bonds is 4. The van der Waals surface area contributed by atoms with Gasteiger partial charge in [0.2, 0.25) is 11.8 Å². The summed E-state index contributed by atoms with van der Waals surface area (Å²) in [6.07, 6.45) is 3.20. The first-order valence-corrected chi connectivity index (χ1v) is 7.30. The van der Waals surface area contributed by atoms with Crippen LogP contribution in [-0.2, 0) is 14.3 Å². The van der Waals surface area contributed by atoms with Gasteiger partial charge in [-0.25, -0.2) is 0 Å². The van der Waals surface area contributed by atoms with Crippen molar-refractivity contribution in [2.45, 2.75) is 32.6 Å². The highest BCUT2D eigenvalue weighted by molar-refractivity contribution is 5.79.